The molecule has 0 bridgehead atoms. The summed E-state index contributed by atoms with van der Waals surface area (Å²) < 4.78 is 0. The second kappa shape index (κ2) is 3.52. The van der Waals surface area contributed by atoms with Crippen LogP contribution in [0.3, 0.4) is 0 Å². The highest BCUT2D eigenvalue weighted by Crippen LogP contribution is 1.95. The summed E-state index contributed by atoms with van der Waals surface area (Å²) in [5.74, 6) is 5.57. The molecule has 2 nitrogen and oxygen atoms in total. The SMILES string of the molecule is CC#Cc1ccc(C=O)nc1. The molecule has 1 rings (SSSR count). The van der Waals surface area contributed by atoms with Gasteiger partial charge in [-0.05, 0) is 19.1 Å². The molecule has 0 aliphatic heterocycles. The van der Waals surface area contributed by atoms with E-state index in [0.29, 0.717) is 12.0 Å². The first-order valence-electron chi connectivity index (χ1n) is 3.21. The van der Waals surface area contributed by atoms with Crippen molar-refractivity contribution in [2.24, 2.45) is 0 Å². The summed E-state index contributed by atoms with van der Waals surface area (Å²) in [4.78, 5) is 14.0. The Kier molecular flexibility index (Phi) is 2.40. The van der Waals surface area contributed by atoms with Crippen LogP contribution in [0.4, 0.5) is 0 Å². The Balaban J connectivity index is 2.97. The van der Waals surface area contributed by atoms with Gasteiger partial charge in [-0.25, -0.2) is 0 Å². The predicted octanol–water partition coefficient (Wildman–Crippen LogP) is 1.27. The third-order valence-corrected chi connectivity index (χ3v) is 1.18. The van der Waals surface area contributed by atoms with Crippen molar-refractivity contribution >= 4 is 6.29 Å². The van der Waals surface area contributed by atoms with Crippen LogP contribution in [0.2, 0.25) is 0 Å². The quantitative estimate of drug-likeness (QED) is 0.440. The number of rotatable bonds is 1. The molecule has 1 aromatic rings. The van der Waals surface area contributed by atoms with Crippen LogP contribution in [-0.2, 0) is 0 Å². The summed E-state index contributed by atoms with van der Waals surface area (Å²) >= 11 is 0. The second-order valence-electron chi connectivity index (χ2n) is 1.96. The largest absolute Gasteiger partial charge is 0.296 e. The van der Waals surface area contributed by atoms with Crippen LogP contribution >= 0.6 is 0 Å². The van der Waals surface area contributed by atoms with Crippen LogP contribution < -0.4 is 0 Å². The minimum Gasteiger partial charge on any atom is -0.296 e. The van der Waals surface area contributed by atoms with Crippen molar-refractivity contribution < 1.29 is 4.79 Å². The molecule has 1 aromatic heterocycles. The van der Waals surface area contributed by atoms with Crippen molar-refractivity contribution in [2.45, 2.75) is 6.92 Å². The molecule has 0 radical (unpaired) electrons. The molecular formula is C9H7NO. The average Bonchev–Trinajstić information content (AvgIpc) is 2.07. The first-order valence-corrected chi connectivity index (χ1v) is 3.21. The molecule has 0 N–H and O–H groups in total. The van der Waals surface area contributed by atoms with Crippen LogP contribution in [0, 0.1) is 11.8 Å². The number of pyridine rings is 1. The maximum absolute atomic E-state index is 10.2. The van der Waals surface area contributed by atoms with Gasteiger partial charge in [0, 0.05) is 11.8 Å². The van der Waals surface area contributed by atoms with E-state index in [9.17, 15) is 4.79 Å². The molecule has 0 unspecified atom stereocenters. The van der Waals surface area contributed by atoms with E-state index in [1.54, 1.807) is 25.3 Å². The standard InChI is InChI=1S/C9H7NO/c1-2-3-8-4-5-9(7-11)10-6-8/h4-7H,1H3. The van der Waals surface area contributed by atoms with Crippen molar-refractivity contribution in [1.29, 1.82) is 0 Å². The molecule has 0 amide bonds. The molecule has 0 aliphatic carbocycles. The smallest absolute Gasteiger partial charge is 0.168 e. The zero-order chi connectivity index (χ0) is 8.10. The van der Waals surface area contributed by atoms with Gasteiger partial charge in [0.25, 0.3) is 0 Å². The molecule has 1 heterocycles. The molecule has 11 heavy (non-hydrogen) atoms. The number of hydrogen-bond acceptors (Lipinski definition) is 2. The molecule has 0 saturated carbocycles. The molecule has 0 aromatic carbocycles. The van der Waals surface area contributed by atoms with Crippen molar-refractivity contribution in [3.8, 4) is 11.8 Å². The zero-order valence-electron chi connectivity index (χ0n) is 6.16. The maximum Gasteiger partial charge on any atom is 0.168 e. The molecular weight excluding hydrogens is 138 g/mol. The number of aldehydes is 1. The highest BCUT2D eigenvalue weighted by molar-refractivity contribution is 5.71. The molecule has 54 valence electrons. The Morgan fingerprint density at radius 1 is 1.55 bits per heavy atom. The lowest BCUT2D eigenvalue weighted by Gasteiger charge is -1.88. The van der Waals surface area contributed by atoms with Crippen LogP contribution in [0.5, 0.6) is 0 Å². The number of carbonyl (C=O) groups excluding carboxylic acids is 1. The van der Waals surface area contributed by atoms with E-state index in [1.165, 1.54) is 0 Å². The third-order valence-electron chi connectivity index (χ3n) is 1.18. The van der Waals surface area contributed by atoms with Gasteiger partial charge in [0.2, 0.25) is 0 Å². The lowest BCUT2D eigenvalue weighted by molar-refractivity contribution is 0.111. The molecule has 2 heteroatoms. The topological polar surface area (TPSA) is 30.0 Å². The summed E-state index contributed by atoms with van der Waals surface area (Å²) in [6.45, 7) is 1.76. The van der Waals surface area contributed by atoms with Crippen LogP contribution in [0.1, 0.15) is 23.0 Å². The number of carbonyl (C=O) groups is 1. The van der Waals surface area contributed by atoms with Crippen LogP contribution in [0.15, 0.2) is 18.3 Å². The van der Waals surface area contributed by atoms with Gasteiger partial charge in [-0.3, -0.25) is 9.78 Å². The highest BCUT2D eigenvalue weighted by Gasteiger charge is 1.89. The Hall–Kier alpha value is -1.62. The van der Waals surface area contributed by atoms with Crippen LogP contribution in [0.25, 0.3) is 0 Å². The van der Waals surface area contributed by atoms with E-state index < -0.39 is 0 Å². The zero-order valence-corrected chi connectivity index (χ0v) is 6.16. The molecule has 0 fully saturated rings. The Morgan fingerprint density at radius 3 is 2.82 bits per heavy atom. The number of nitrogens with zero attached hydrogens (tertiary/aromatic N) is 1. The van der Waals surface area contributed by atoms with Gasteiger partial charge in [-0.2, -0.15) is 0 Å². The van der Waals surface area contributed by atoms with E-state index >= 15 is 0 Å². The molecule has 0 spiro atoms. The lowest BCUT2D eigenvalue weighted by Crippen LogP contribution is -1.85. The minimum atomic E-state index is 0.437. The van der Waals surface area contributed by atoms with Crippen molar-refractivity contribution in [3.63, 3.8) is 0 Å². The van der Waals surface area contributed by atoms with Gasteiger partial charge in [0.1, 0.15) is 5.69 Å². The van der Waals surface area contributed by atoms with Crippen molar-refractivity contribution in [2.75, 3.05) is 0 Å². The fourth-order valence-electron chi connectivity index (χ4n) is 0.693. The molecule has 0 atom stereocenters. The molecule has 0 aliphatic rings. The van der Waals surface area contributed by atoms with E-state index in [4.69, 9.17) is 0 Å². The van der Waals surface area contributed by atoms with Crippen LogP contribution in [-0.4, -0.2) is 11.3 Å². The van der Waals surface area contributed by atoms with Gasteiger partial charge < -0.3 is 0 Å². The lowest BCUT2D eigenvalue weighted by atomic mass is 10.2. The first kappa shape index (κ1) is 7.49. The Morgan fingerprint density at radius 2 is 2.36 bits per heavy atom. The van der Waals surface area contributed by atoms with Gasteiger partial charge in [0.05, 0.1) is 0 Å². The van der Waals surface area contributed by atoms with Gasteiger partial charge >= 0.3 is 0 Å². The second-order valence-corrected chi connectivity index (χ2v) is 1.96. The van der Waals surface area contributed by atoms with E-state index in [1.807, 2.05) is 0 Å². The fraction of sp³-hybridized carbons (Fsp3) is 0.111. The summed E-state index contributed by atoms with van der Waals surface area (Å²) in [7, 11) is 0. The first-order chi connectivity index (χ1) is 5.36. The summed E-state index contributed by atoms with van der Waals surface area (Å²) in [6.07, 6.45) is 2.30. The monoisotopic (exact) mass is 145 g/mol. The van der Waals surface area contributed by atoms with E-state index in [0.717, 1.165) is 5.56 Å². The summed E-state index contributed by atoms with van der Waals surface area (Å²) in [5, 5.41) is 0. The Bertz CT molecular complexity index is 303. The highest BCUT2D eigenvalue weighted by atomic mass is 16.1. The predicted molar refractivity (Wildman–Crippen MR) is 42.2 cm³/mol. The van der Waals surface area contributed by atoms with E-state index in [-0.39, 0.29) is 0 Å². The number of hydrogen-bond donors (Lipinski definition) is 0. The van der Waals surface area contributed by atoms with Gasteiger partial charge in [-0.1, -0.05) is 5.92 Å². The van der Waals surface area contributed by atoms with Crippen molar-refractivity contribution in [3.05, 3.63) is 29.6 Å². The molecule has 0 saturated heterocycles. The summed E-state index contributed by atoms with van der Waals surface area (Å²) in [5.41, 5.74) is 1.27. The third kappa shape index (κ3) is 1.91. The van der Waals surface area contributed by atoms with Gasteiger partial charge in [-0.15, -0.1) is 5.92 Å². The maximum atomic E-state index is 10.2. The fourth-order valence-corrected chi connectivity index (χ4v) is 0.693. The summed E-state index contributed by atoms with van der Waals surface area (Å²) in [6, 6.07) is 3.42. The number of aromatic nitrogens is 1. The van der Waals surface area contributed by atoms with E-state index in [2.05, 4.69) is 16.8 Å². The van der Waals surface area contributed by atoms with Crippen molar-refractivity contribution in [1.82, 2.24) is 4.98 Å². The Labute approximate surface area is 65.3 Å². The normalized spacial score (nSPS) is 8.09. The average molecular weight is 145 g/mol. The minimum absolute atomic E-state index is 0.437. The van der Waals surface area contributed by atoms with Gasteiger partial charge in [0.15, 0.2) is 6.29 Å².